The molecule has 0 saturated carbocycles. The predicted molar refractivity (Wildman–Crippen MR) is 102 cm³/mol. The molecule has 0 saturated heterocycles. The number of aromatic carboxylic acids is 1. The number of benzene rings is 2. The van der Waals surface area contributed by atoms with Crippen molar-refractivity contribution in [2.75, 3.05) is 6.61 Å². The number of carbonyl (C=O) groups is 2. The molecule has 3 rings (SSSR count). The van der Waals surface area contributed by atoms with Crippen LogP contribution in [0, 0.1) is 0 Å². The molecule has 0 atom stereocenters. The Balaban J connectivity index is 1.73. The lowest BCUT2D eigenvalue weighted by atomic mass is 10.1. The highest BCUT2D eigenvalue weighted by molar-refractivity contribution is 6.07. The van der Waals surface area contributed by atoms with Crippen LogP contribution in [0.3, 0.4) is 0 Å². The summed E-state index contributed by atoms with van der Waals surface area (Å²) in [7, 11) is 0. The fraction of sp³-hybridized carbons (Fsp3) is 0.0909. The molecule has 0 unspecified atom stereocenters. The minimum Gasteiger partial charge on any atom is -0.870 e. The molecule has 3 aromatic rings. The highest BCUT2D eigenvalue weighted by atomic mass is 16.5. The minimum atomic E-state index is -1.14. The molecule has 1 N–H and O–H groups in total. The first kappa shape index (κ1) is 19.0. The van der Waals surface area contributed by atoms with E-state index in [2.05, 4.69) is 0 Å². The molecule has 0 aliphatic heterocycles. The Morgan fingerprint density at radius 3 is 2.50 bits per heavy atom. The minimum absolute atomic E-state index is 0.145. The van der Waals surface area contributed by atoms with Crippen molar-refractivity contribution >= 4 is 17.8 Å². The Bertz CT molecular complexity index is 1030. The first-order valence-corrected chi connectivity index (χ1v) is 8.57. The number of allylic oxidation sites excluding steroid dienone is 1. The summed E-state index contributed by atoms with van der Waals surface area (Å²) in [6.07, 6.45) is 3.03. The maximum absolute atomic E-state index is 12.4. The molecule has 6 nitrogen and oxygen atoms in total. The Labute approximate surface area is 161 Å². The van der Waals surface area contributed by atoms with Gasteiger partial charge in [0.2, 0.25) is 5.76 Å². The van der Waals surface area contributed by atoms with Crippen molar-refractivity contribution in [3.05, 3.63) is 77.6 Å². The van der Waals surface area contributed by atoms with Gasteiger partial charge in [-0.2, -0.15) is 0 Å². The second-order valence-electron chi connectivity index (χ2n) is 5.88. The number of furan rings is 1. The van der Waals surface area contributed by atoms with Crippen molar-refractivity contribution in [3.8, 4) is 22.8 Å². The summed E-state index contributed by atoms with van der Waals surface area (Å²) in [5.41, 5.74) is 1.82. The second kappa shape index (κ2) is 8.26. The van der Waals surface area contributed by atoms with E-state index in [-0.39, 0.29) is 23.0 Å². The fourth-order valence-corrected chi connectivity index (χ4v) is 2.57. The normalized spacial score (nSPS) is 10.9. The summed E-state index contributed by atoms with van der Waals surface area (Å²) in [5, 5.41) is 20.6. The summed E-state index contributed by atoms with van der Waals surface area (Å²) in [4.78, 5) is 23.2. The van der Waals surface area contributed by atoms with E-state index >= 15 is 0 Å². The molecule has 0 bridgehead atoms. The highest BCUT2D eigenvalue weighted by Gasteiger charge is 2.11. The number of hydrogen-bond donors (Lipinski definition) is 1. The lowest BCUT2D eigenvalue weighted by Crippen LogP contribution is -1.98. The third kappa shape index (κ3) is 4.29. The molecule has 1 heterocycles. The van der Waals surface area contributed by atoms with Crippen molar-refractivity contribution in [2.24, 2.45) is 0 Å². The smallest absolute Gasteiger partial charge is 0.371 e. The molecule has 2 aromatic carbocycles. The van der Waals surface area contributed by atoms with E-state index in [0.29, 0.717) is 29.1 Å². The zero-order chi connectivity index (χ0) is 20.1. The fourth-order valence-electron chi connectivity index (χ4n) is 2.57. The standard InChI is InChI=1S/C22H18O6/c1-2-27-21-13-14(4-10-18(21)24)3-9-17(23)15-5-7-16(8-6-15)19-11-12-20(28-19)22(25)26/h3-13,24H,2H2,1H3,(H,25,26)/p-1/b9-3+. The number of carbonyl (C=O) groups excluding carboxylic acids is 1. The molecule has 0 radical (unpaired) electrons. The van der Waals surface area contributed by atoms with Crippen LogP contribution in [-0.4, -0.2) is 23.5 Å². The van der Waals surface area contributed by atoms with Gasteiger partial charge in [-0.15, -0.1) is 0 Å². The van der Waals surface area contributed by atoms with Crippen molar-refractivity contribution in [2.45, 2.75) is 6.92 Å². The van der Waals surface area contributed by atoms with E-state index in [1.807, 2.05) is 0 Å². The van der Waals surface area contributed by atoms with E-state index in [0.717, 1.165) is 0 Å². The van der Waals surface area contributed by atoms with Crippen LogP contribution in [-0.2, 0) is 0 Å². The van der Waals surface area contributed by atoms with Gasteiger partial charge in [-0.1, -0.05) is 48.2 Å². The maximum Gasteiger partial charge on any atom is 0.371 e. The largest absolute Gasteiger partial charge is 0.870 e. The van der Waals surface area contributed by atoms with E-state index in [9.17, 15) is 14.7 Å². The number of rotatable bonds is 7. The summed E-state index contributed by atoms with van der Waals surface area (Å²) in [6, 6.07) is 14.2. The quantitative estimate of drug-likeness (QED) is 0.493. The first-order valence-electron chi connectivity index (χ1n) is 8.57. The van der Waals surface area contributed by atoms with Crippen LogP contribution in [0.15, 0.2) is 65.1 Å². The Kier molecular flexibility index (Phi) is 5.60. The van der Waals surface area contributed by atoms with E-state index < -0.39 is 5.97 Å². The lowest BCUT2D eigenvalue weighted by Gasteiger charge is -2.13. The Morgan fingerprint density at radius 2 is 1.86 bits per heavy atom. The molecule has 28 heavy (non-hydrogen) atoms. The maximum atomic E-state index is 12.4. The zero-order valence-electron chi connectivity index (χ0n) is 15.0. The SMILES string of the molecule is CCOc1cc(/C=C/C(=O)c2ccc(-c3ccc(C(=O)O)o3)cc2)ccc1[O-]. The van der Waals surface area contributed by atoms with Gasteiger partial charge in [0.05, 0.1) is 6.61 Å². The van der Waals surface area contributed by atoms with E-state index in [4.69, 9.17) is 14.3 Å². The molecule has 6 heteroatoms. The third-order valence-corrected chi connectivity index (χ3v) is 3.97. The van der Waals surface area contributed by atoms with Crippen LogP contribution in [0.2, 0.25) is 0 Å². The van der Waals surface area contributed by atoms with Crippen LogP contribution in [0.1, 0.15) is 33.4 Å². The number of carboxylic acid groups (broad SMARTS) is 1. The van der Waals surface area contributed by atoms with Crippen molar-refractivity contribution in [1.82, 2.24) is 0 Å². The van der Waals surface area contributed by atoms with Gasteiger partial charge in [0.15, 0.2) is 5.78 Å². The second-order valence-corrected chi connectivity index (χ2v) is 5.88. The van der Waals surface area contributed by atoms with Crippen LogP contribution in [0.25, 0.3) is 17.4 Å². The van der Waals surface area contributed by atoms with E-state index in [1.54, 1.807) is 55.5 Å². The Hall–Kier alpha value is -3.80. The number of hydrogen-bond acceptors (Lipinski definition) is 5. The van der Waals surface area contributed by atoms with Crippen LogP contribution in [0.5, 0.6) is 11.5 Å². The van der Waals surface area contributed by atoms with Crippen LogP contribution < -0.4 is 9.84 Å². The van der Waals surface area contributed by atoms with Gasteiger partial charge in [-0.25, -0.2) is 4.79 Å². The molecular weight excluding hydrogens is 360 g/mol. The van der Waals surface area contributed by atoms with Crippen molar-refractivity contribution < 1.29 is 29.0 Å². The van der Waals surface area contributed by atoms with Crippen molar-refractivity contribution in [3.63, 3.8) is 0 Å². The number of carboxylic acids is 1. The van der Waals surface area contributed by atoms with Crippen molar-refractivity contribution in [1.29, 1.82) is 0 Å². The van der Waals surface area contributed by atoms with Gasteiger partial charge in [0.1, 0.15) is 11.5 Å². The number of ether oxygens (including phenoxy) is 1. The van der Waals surface area contributed by atoms with Crippen LogP contribution in [0.4, 0.5) is 0 Å². The molecule has 0 aliphatic carbocycles. The van der Waals surface area contributed by atoms with Gasteiger partial charge >= 0.3 is 5.97 Å². The van der Waals surface area contributed by atoms with Gasteiger partial charge in [0, 0.05) is 11.1 Å². The van der Waals surface area contributed by atoms with Gasteiger partial charge < -0.3 is 19.4 Å². The molecular formula is C22H17O6-. The summed E-state index contributed by atoms with van der Waals surface area (Å²) in [6.45, 7) is 2.18. The first-order chi connectivity index (χ1) is 13.5. The highest BCUT2D eigenvalue weighted by Crippen LogP contribution is 2.25. The molecule has 0 spiro atoms. The summed E-state index contributed by atoms with van der Waals surface area (Å²) in [5.74, 6) is -1.03. The van der Waals surface area contributed by atoms with Gasteiger partial charge in [-0.3, -0.25) is 4.79 Å². The molecule has 1 aromatic heterocycles. The zero-order valence-corrected chi connectivity index (χ0v) is 15.0. The molecule has 0 fully saturated rings. The van der Waals surface area contributed by atoms with E-state index in [1.165, 1.54) is 18.2 Å². The Morgan fingerprint density at radius 1 is 1.11 bits per heavy atom. The molecule has 0 amide bonds. The summed E-state index contributed by atoms with van der Waals surface area (Å²) >= 11 is 0. The number of ketones is 1. The molecule has 0 aliphatic rings. The average Bonchev–Trinajstić information content (AvgIpc) is 3.19. The van der Waals surface area contributed by atoms with Gasteiger partial charge in [-0.05, 0) is 36.8 Å². The van der Waals surface area contributed by atoms with Gasteiger partial charge in [0.25, 0.3) is 0 Å². The average molecular weight is 377 g/mol. The molecule has 142 valence electrons. The summed E-state index contributed by atoms with van der Waals surface area (Å²) < 4.78 is 10.5. The third-order valence-electron chi connectivity index (χ3n) is 3.97. The lowest BCUT2D eigenvalue weighted by molar-refractivity contribution is -0.270. The topological polar surface area (TPSA) is 99.8 Å². The van der Waals surface area contributed by atoms with Crippen LogP contribution >= 0.6 is 0 Å². The predicted octanol–water partition coefficient (Wildman–Crippen LogP) is 4.01. The monoisotopic (exact) mass is 377 g/mol.